The van der Waals surface area contributed by atoms with Crippen molar-refractivity contribution in [3.05, 3.63) is 29.6 Å². The van der Waals surface area contributed by atoms with Crippen LogP contribution in [0.1, 0.15) is 17.3 Å². The van der Waals surface area contributed by atoms with Crippen LogP contribution in [0.3, 0.4) is 0 Å². The minimum atomic E-state index is -1.02. The molecule has 1 rings (SSSR count). The first kappa shape index (κ1) is 14.6. The number of halogens is 1. The van der Waals surface area contributed by atoms with E-state index in [2.05, 4.69) is 5.32 Å². The molecule has 0 aliphatic rings. The molecule has 0 saturated carbocycles. The van der Waals surface area contributed by atoms with Crippen LogP contribution in [-0.4, -0.2) is 31.4 Å². The van der Waals surface area contributed by atoms with E-state index < -0.39 is 23.9 Å². The predicted octanol–water partition coefficient (Wildman–Crippen LogP) is 0.861. The van der Waals surface area contributed by atoms with Gasteiger partial charge in [-0.25, -0.2) is 9.18 Å². The zero-order valence-electron chi connectivity index (χ0n) is 10.4. The third kappa shape index (κ3) is 4.38. The molecule has 0 aliphatic carbocycles. The van der Waals surface area contributed by atoms with Gasteiger partial charge in [0.1, 0.15) is 17.9 Å². The van der Waals surface area contributed by atoms with Gasteiger partial charge >= 0.3 is 6.03 Å². The van der Waals surface area contributed by atoms with Crippen LogP contribution in [0.2, 0.25) is 0 Å². The molecule has 0 heterocycles. The quantitative estimate of drug-likeness (QED) is 0.793. The van der Waals surface area contributed by atoms with Crippen molar-refractivity contribution >= 4 is 18.2 Å². The van der Waals surface area contributed by atoms with E-state index in [-0.39, 0.29) is 11.3 Å². The van der Waals surface area contributed by atoms with Crippen LogP contribution in [0.25, 0.3) is 0 Å². The molecule has 1 aromatic rings. The van der Waals surface area contributed by atoms with Gasteiger partial charge < -0.3 is 10.1 Å². The second-order valence-electron chi connectivity index (χ2n) is 3.67. The van der Waals surface area contributed by atoms with Crippen molar-refractivity contribution in [1.82, 2.24) is 10.6 Å². The Hall–Kier alpha value is -2.44. The fourth-order valence-corrected chi connectivity index (χ4v) is 1.25. The molecule has 0 aliphatic heterocycles. The molecular weight excluding hydrogens is 255 g/mol. The Kier molecular flexibility index (Phi) is 4.99. The van der Waals surface area contributed by atoms with Gasteiger partial charge in [0.05, 0.1) is 0 Å². The van der Waals surface area contributed by atoms with E-state index in [0.717, 1.165) is 12.1 Å². The van der Waals surface area contributed by atoms with Crippen LogP contribution >= 0.6 is 0 Å². The third-order valence-corrected chi connectivity index (χ3v) is 2.18. The molecule has 2 N–H and O–H groups in total. The van der Waals surface area contributed by atoms with Gasteiger partial charge in [-0.3, -0.25) is 14.9 Å². The third-order valence-electron chi connectivity index (χ3n) is 2.18. The standard InChI is InChI=1S/C12H13FN2O4/c1-7(11(17)15-12(18)14-2)19-10-4-8(6-16)3-9(13)5-10/h3-7H,1-2H3,(H2,14,15,17,18). The normalized spacial score (nSPS) is 11.3. The number of hydrogen-bond donors (Lipinski definition) is 2. The Labute approximate surface area is 108 Å². The summed E-state index contributed by atoms with van der Waals surface area (Å²) in [6, 6.07) is 2.69. The molecule has 19 heavy (non-hydrogen) atoms. The summed E-state index contributed by atoms with van der Waals surface area (Å²) in [4.78, 5) is 33.0. The predicted molar refractivity (Wildman–Crippen MR) is 64.5 cm³/mol. The fourth-order valence-electron chi connectivity index (χ4n) is 1.25. The summed E-state index contributed by atoms with van der Waals surface area (Å²) in [5.41, 5.74) is 0.0916. The molecular formula is C12H13FN2O4. The van der Waals surface area contributed by atoms with Crippen molar-refractivity contribution in [2.45, 2.75) is 13.0 Å². The lowest BCUT2D eigenvalue weighted by atomic mass is 10.2. The van der Waals surface area contributed by atoms with Crippen LogP contribution in [0.4, 0.5) is 9.18 Å². The second kappa shape index (κ2) is 6.48. The number of aldehydes is 1. The Bertz CT molecular complexity index is 505. The summed E-state index contributed by atoms with van der Waals surface area (Å²) < 4.78 is 18.3. The number of ether oxygens (including phenoxy) is 1. The van der Waals surface area contributed by atoms with Gasteiger partial charge in [0.2, 0.25) is 0 Å². The van der Waals surface area contributed by atoms with Crippen LogP contribution < -0.4 is 15.4 Å². The SMILES string of the molecule is CNC(=O)NC(=O)C(C)Oc1cc(F)cc(C=O)c1. The largest absolute Gasteiger partial charge is 0.481 e. The Morgan fingerprint density at radius 1 is 1.37 bits per heavy atom. The number of benzene rings is 1. The molecule has 1 unspecified atom stereocenters. The first-order valence-corrected chi connectivity index (χ1v) is 5.41. The highest BCUT2D eigenvalue weighted by atomic mass is 19.1. The van der Waals surface area contributed by atoms with E-state index in [9.17, 15) is 18.8 Å². The molecule has 7 heteroatoms. The maximum atomic E-state index is 13.1. The number of amides is 3. The summed E-state index contributed by atoms with van der Waals surface area (Å²) in [5.74, 6) is -1.31. The summed E-state index contributed by atoms with van der Waals surface area (Å²) in [6.45, 7) is 1.39. The minimum absolute atomic E-state index is 0.0293. The van der Waals surface area contributed by atoms with E-state index in [1.54, 1.807) is 0 Å². The zero-order chi connectivity index (χ0) is 14.4. The van der Waals surface area contributed by atoms with Crippen LogP contribution in [0, 0.1) is 5.82 Å². The Morgan fingerprint density at radius 3 is 2.63 bits per heavy atom. The highest BCUT2D eigenvalue weighted by Crippen LogP contribution is 2.16. The van der Waals surface area contributed by atoms with Crippen molar-refractivity contribution in [2.24, 2.45) is 0 Å². The van der Waals surface area contributed by atoms with Gasteiger partial charge in [-0.05, 0) is 19.1 Å². The highest BCUT2D eigenvalue weighted by molar-refractivity contribution is 5.96. The molecule has 0 saturated heterocycles. The molecule has 1 atom stereocenters. The highest BCUT2D eigenvalue weighted by Gasteiger charge is 2.17. The average Bonchev–Trinajstić information content (AvgIpc) is 2.37. The lowest BCUT2D eigenvalue weighted by molar-refractivity contribution is -0.126. The molecule has 1 aromatic carbocycles. The summed E-state index contributed by atoms with van der Waals surface area (Å²) >= 11 is 0. The number of urea groups is 1. The maximum Gasteiger partial charge on any atom is 0.321 e. The van der Waals surface area contributed by atoms with Crippen LogP contribution in [0.15, 0.2) is 18.2 Å². The Balaban J connectivity index is 2.73. The number of nitrogens with one attached hydrogen (secondary N) is 2. The minimum Gasteiger partial charge on any atom is -0.481 e. The number of hydrogen-bond acceptors (Lipinski definition) is 4. The number of carbonyl (C=O) groups excluding carboxylic acids is 3. The summed E-state index contributed by atoms with van der Waals surface area (Å²) in [7, 11) is 1.36. The first-order chi connectivity index (χ1) is 8.96. The van der Waals surface area contributed by atoms with Crippen molar-refractivity contribution in [3.63, 3.8) is 0 Å². The fraction of sp³-hybridized carbons (Fsp3) is 0.250. The molecule has 0 fully saturated rings. The summed E-state index contributed by atoms with van der Waals surface area (Å²) in [6.07, 6.45) is -0.552. The molecule has 102 valence electrons. The molecule has 0 spiro atoms. The van der Waals surface area contributed by atoms with Gasteiger partial charge in [0.15, 0.2) is 6.10 Å². The lowest BCUT2D eigenvalue weighted by Gasteiger charge is -2.14. The van der Waals surface area contributed by atoms with Crippen LogP contribution in [0.5, 0.6) is 5.75 Å². The van der Waals surface area contributed by atoms with Gasteiger partial charge in [0.25, 0.3) is 5.91 Å². The number of imide groups is 1. The van der Waals surface area contributed by atoms with Gasteiger partial charge in [-0.1, -0.05) is 0 Å². The van der Waals surface area contributed by atoms with Crippen molar-refractivity contribution in [3.8, 4) is 5.75 Å². The van der Waals surface area contributed by atoms with Gasteiger partial charge in [-0.15, -0.1) is 0 Å². The lowest BCUT2D eigenvalue weighted by Crippen LogP contribution is -2.43. The topological polar surface area (TPSA) is 84.5 Å². The molecule has 0 bridgehead atoms. The average molecular weight is 268 g/mol. The number of rotatable bonds is 4. The van der Waals surface area contributed by atoms with Crippen LogP contribution in [-0.2, 0) is 4.79 Å². The smallest absolute Gasteiger partial charge is 0.321 e. The molecule has 3 amide bonds. The van der Waals surface area contributed by atoms with E-state index >= 15 is 0 Å². The van der Waals surface area contributed by atoms with E-state index in [0.29, 0.717) is 6.29 Å². The molecule has 0 aromatic heterocycles. The second-order valence-corrected chi connectivity index (χ2v) is 3.67. The maximum absolute atomic E-state index is 13.1. The first-order valence-electron chi connectivity index (χ1n) is 5.41. The van der Waals surface area contributed by atoms with E-state index in [1.165, 1.54) is 20.0 Å². The van der Waals surface area contributed by atoms with Crippen molar-refractivity contribution in [2.75, 3.05) is 7.05 Å². The Morgan fingerprint density at radius 2 is 2.05 bits per heavy atom. The molecule has 6 nitrogen and oxygen atoms in total. The number of carbonyl (C=O) groups is 3. The monoisotopic (exact) mass is 268 g/mol. The van der Waals surface area contributed by atoms with Gasteiger partial charge in [0, 0.05) is 18.7 Å². The van der Waals surface area contributed by atoms with E-state index in [1.807, 2.05) is 5.32 Å². The summed E-state index contributed by atoms with van der Waals surface area (Å²) in [5, 5.41) is 4.22. The van der Waals surface area contributed by atoms with Crippen molar-refractivity contribution < 1.29 is 23.5 Å². The zero-order valence-corrected chi connectivity index (χ0v) is 10.4. The molecule has 0 radical (unpaired) electrons. The van der Waals surface area contributed by atoms with Gasteiger partial charge in [-0.2, -0.15) is 0 Å². The van der Waals surface area contributed by atoms with Crippen molar-refractivity contribution in [1.29, 1.82) is 0 Å². The van der Waals surface area contributed by atoms with E-state index in [4.69, 9.17) is 4.74 Å².